The molecule has 6 heteroatoms. The van der Waals surface area contributed by atoms with E-state index in [1.54, 1.807) is 24.5 Å². The number of hydrogen-bond acceptors (Lipinski definition) is 5. The fourth-order valence-electron chi connectivity index (χ4n) is 2.32. The maximum absolute atomic E-state index is 12.1. The molecule has 2 aromatic heterocycles. The summed E-state index contributed by atoms with van der Waals surface area (Å²) >= 11 is 0. The van der Waals surface area contributed by atoms with Gasteiger partial charge in [0, 0.05) is 24.6 Å². The van der Waals surface area contributed by atoms with Crippen LogP contribution in [0.2, 0.25) is 0 Å². The predicted molar refractivity (Wildman–Crippen MR) is 96.6 cm³/mol. The van der Waals surface area contributed by atoms with Crippen LogP contribution in [0.4, 0.5) is 11.5 Å². The van der Waals surface area contributed by atoms with E-state index in [-0.39, 0.29) is 11.6 Å². The van der Waals surface area contributed by atoms with Crippen LogP contribution in [0.1, 0.15) is 27.2 Å². The molecule has 6 nitrogen and oxygen atoms in total. The molecule has 3 rings (SSSR count). The summed E-state index contributed by atoms with van der Waals surface area (Å²) in [5.41, 5.74) is 4.53. The number of pyridine rings is 1. The van der Waals surface area contributed by atoms with Gasteiger partial charge in [0.1, 0.15) is 0 Å². The Labute approximate surface area is 146 Å². The molecule has 0 aliphatic carbocycles. The second kappa shape index (κ2) is 7.53. The van der Waals surface area contributed by atoms with E-state index in [1.807, 2.05) is 31.2 Å². The number of aromatic nitrogens is 3. The Morgan fingerprint density at radius 3 is 2.64 bits per heavy atom. The highest BCUT2D eigenvalue weighted by Gasteiger charge is 2.09. The van der Waals surface area contributed by atoms with Gasteiger partial charge in [-0.15, -0.1) is 10.2 Å². The molecule has 0 unspecified atom stereocenters. The Morgan fingerprint density at radius 1 is 1.04 bits per heavy atom. The summed E-state index contributed by atoms with van der Waals surface area (Å²) in [6.45, 7) is 4.50. The van der Waals surface area contributed by atoms with Crippen LogP contribution < -0.4 is 10.6 Å². The molecule has 0 radical (unpaired) electrons. The van der Waals surface area contributed by atoms with Crippen molar-refractivity contribution in [3.05, 3.63) is 77.2 Å². The first-order valence-electron chi connectivity index (χ1n) is 7.97. The molecule has 2 heterocycles. The number of rotatable bonds is 5. The number of amides is 1. The SMILES string of the molecule is Cc1cccc(Nc2ccc(C(=O)NCc3cccnc3)nn2)c1C. The number of carbonyl (C=O) groups excluding carboxylic acids is 1. The predicted octanol–water partition coefficient (Wildman–Crippen LogP) is 3.16. The Bertz CT molecular complexity index is 863. The quantitative estimate of drug-likeness (QED) is 0.750. The lowest BCUT2D eigenvalue weighted by atomic mass is 10.1. The first kappa shape index (κ1) is 16.6. The van der Waals surface area contributed by atoms with E-state index in [9.17, 15) is 4.79 Å². The molecule has 0 spiro atoms. The summed E-state index contributed by atoms with van der Waals surface area (Å²) < 4.78 is 0. The number of carbonyl (C=O) groups is 1. The molecule has 0 aliphatic rings. The summed E-state index contributed by atoms with van der Waals surface area (Å²) in [6, 6.07) is 13.1. The van der Waals surface area contributed by atoms with Crippen molar-refractivity contribution < 1.29 is 4.79 Å². The van der Waals surface area contributed by atoms with Crippen LogP contribution in [0.25, 0.3) is 0 Å². The van der Waals surface area contributed by atoms with Crippen LogP contribution in [0.5, 0.6) is 0 Å². The first-order valence-corrected chi connectivity index (χ1v) is 7.97. The number of nitrogens with zero attached hydrogens (tertiary/aromatic N) is 3. The Morgan fingerprint density at radius 2 is 1.92 bits per heavy atom. The summed E-state index contributed by atoms with van der Waals surface area (Å²) in [6.07, 6.45) is 3.40. The topological polar surface area (TPSA) is 79.8 Å². The molecule has 2 N–H and O–H groups in total. The zero-order chi connectivity index (χ0) is 17.6. The average Bonchev–Trinajstić information content (AvgIpc) is 2.65. The van der Waals surface area contributed by atoms with E-state index in [0.29, 0.717) is 12.4 Å². The fraction of sp³-hybridized carbons (Fsp3) is 0.158. The molecule has 0 aliphatic heterocycles. The third-order valence-electron chi connectivity index (χ3n) is 3.94. The summed E-state index contributed by atoms with van der Waals surface area (Å²) in [4.78, 5) is 16.1. The van der Waals surface area contributed by atoms with Crippen molar-refractivity contribution in [2.75, 3.05) is 5.32 Å². The summed E-state index contributed by atoms with van der Waals surface area (Å²) in [7, 11) is 0. The van der Waals surface area contributed by atoms with Crippen LogP contribution in [-0.4, -0.2) is 21.1 Å². The maximum atomic E-state index is 12.1. The van der Waals surface area contributed by atoms with E-state index >= 15 is 0 Å². The van der Waals surface area contributed by atoms with Crippen LogP contribution in [-0.2, 0) is 6.54 Å². The third kappa shape index (κ3) is 4.17. The van der Waals surface area contributed by atoms with E-state index in [0.717, 1.165) is 16.8 Å². The van der Waals surface area contributed by atoms with Gasteiger partial charge >= 0.3 is 0 Å². The van der Waals surface area contributed by atoms with Gasteiger partial charge in [-0.1, -0.05) is 18.2 Å². The third-order valence-corrected chi connectivity index (χ3v) is 3.94. The number of hydrogen-bond donors (Lipinski definition) is 2. The van der Waals surface area contributed by atoms with Crippen molar-refractivity contribution in [3.63, 3.8) is 0 Å². The van der Waals surface area contributed by atoms with Crippen molar-refractivity contribution in [1.82, 2.24) is 20.5 Å². The van der Waals surface area contributed by atoms with E-state index < -0.39 is 0 Å². The molecular weight excluding hydrogens is 314 g/mol. The minimum atomic E-state index is -0.269. The largest absolute Gasteiger partial charge is 0.347 e. The smallest absolute Gasteiger partial charge is 0.272 e. The van der Waals surface area contributed by atoms with Crippen LogP contribution in [0.15, 0.2) is 54.9 Å². The Kier molecular flexibility index (Phi) is 4.99. The highest BCUT2D eigenvalue weighted by molar-refractivity contribution is 5.92. The highest BCUT2D eigenvalue weighted by Crippen LogP contribution is 2.21. The van der Waals surface area contributed by atoms with E-state index in [2.05, 4.69) is 38.8 Å². The van der Waals surface area contributed by atoms with E-state index in [1.165, 1.54) is 5.56 Å². The molecule has 0 bridgehead atoms. The molecule has 0 saturated carbocycles. The lowest BCUT2D eigenvalue weighted by molar-refractivity contribution is 0.0945. The van der Waals surface area contributed by atoms with Gasteiger partial charge in [0.25, 0.3) is 5.91 Å². The number of anilines is 2. The maximum Gasteiger partial charge on any atom is 0.272 e. The van der Waals surface area contributed by atoms with Gasteiger partial charge in [-0.2, -0.15) is 0 Å². The number of aryl methyl sites for hydroxylation is 1. The lowest BCUT2D eigenvalue weighted by Gasteiger charge is -2.10. The van der Waals surface area contributed by atoms with Crippen molar-refractivity contribution in [3.8, 4) is 0 Å². The molecule has 1 aromatic carbocycles. The van der Waals surface area contributed by atoms with Gasteiger partial charge in [-0.05, 0) is 54.8 Å². The summed E-state index contributed by atoms with van der Waals surface area (Å²) in [5, 5.41) is 14.1. The lowest BCUT2D eigenvalue weighted by Crippen LogP contribution is -2.24. The van der Waals surface area contributed by atoms with Crippen LogP contribution in [0.3, 0.4) is 0 Å². The van der Waals surface area contributed by atoms with Crippen molar-refractivity contribution in [1.29, 1.82) is 0 Å². The van der Waals surface area contributed by atoms with Crippen molar-refractivity contribution >= 4 is 17.4 Å². The number of benzene rings is 1. The first-order chi connectivity index (χ1) is 12.1. The second-order valence-electron chi connectivity index (χ2n) is 5.72. The zero-order valence-corrected chi connectivity index (χ0v) is 14.2. The molecule has 0 saturated heterocycles. The second-order valence-corrected chi connectivity index (χ2v) is 5.72. The van der Waals surface area contributed by atoms with Crippen molar-refractivity contribution in [2.45, 2.75) is 20.4 Å². The normalized spacial score (nSPS) is 10.3. The molecule has 3 aromatic rings. The zero-order valence-electron chi connectivity index (χ0n) is 14.2. The van der Waals surface area contributed by atoms with Crippen LogP contribution >= 0.6 is 0 Å². The van der Waals surface area contributed by atoms with Gasteiger partial charge < -0.3 is 10.6 Å². The van der Waals surface area contributed by atoms with Gasteiger partial charge in [-0.3, -0.25) is 9.78 Å². The van der Waals surface area contributed by atoms with Crippen LogP contribution in [0, 0.1) is 13.8 Å². The average molecular weight is 333 g/mol. The van der Waals surface area contributed by atoms with Gasteiger partial charge in [-0.25, -0.2) is 0 Å². The minimum Gasteiger partial charge on any atom is -0.347 e. The van der Waals surface area contributed by atoms with Gasteiger partial charge in [0.05, 0.1) is 0 Å². The van der Waals surface area contributed by atoms with Crippen molar-refractivity contribution in [2.24, 2.45) is 0 Å². The molecule has 126 valence electrons. The molecule has 0 fully saturated rings. The van der Waals surface area contributed by atoms with Gasteiger partial charge in [0.15, 0.2) is 11.5 Å². The molecular formula is C19H19N5O. The summed E-state index contributed by atoms with van der Waals surface area (Å²) in [5.74, 6) is 0.326. The molecule has 0 atom stereocenters. The Balaban J connectivity index is 1.63. The Hall–Kier alpha value is -3.28. The van der Waals surface area contributed by atoms with Gasteiger partial charge in [0.2, 0.25) is 0 Å². The monoisotopic (exact) mass is 333 g/mol. The fourth-order valence-corrected chi connectivity index (χ4v) is 2.32. The standard InChI is InChI=1S/C19H19N5O/c1-13-5-3-7-16(14(13)2)22-18-9-8-17(23-24-18)19(25)21-12-15-6-4-10-20-11-15/h3-11H,12H2,1-2H3,(H,21,25)(H,22,24). The molecule has 25 heavy (non-hydrogen) atoms. The van der Waals surface area contributed by atoms with E-state index in [4.69, 9.17) is 0 Å². The highest BCUT2D eigenvalue weighted by atomic mass is 16.1. The number of nitrogens with one attached hydrogen (secondary N) is 2. The molecule has 1 amide bonds. The minimum absolute atomic E-state index is 0.269.